The molecule has 0 fully saturated rings. The van der Waals surface area contributed by atoms with Gasteiger partial charge in [-0.05, 0) is 56.0 Å². The lowest BCUT2D eigenvalue weighted by Crippen LogP contribution is -2.47. The summed E-state index contributed by atoms with van der Waals surface area (Å²) in [4.78, 5) is 20.2. The second kappa shape index (κ2) is 8.55. The van der Waals surface area contributed by atoms with Crippen LogP contribution in [0.5, 0.6) is 0 Å². The van der Waals surface area contributed by atoms with Crippen molar-refractivity contribution in [3.8, 4) is 11.3 Å². The predicted octanol–water partition coefficient (Wildman–Crippen LogP) is 5.39. The van der Waals surface area contributed by atoms with E-state index < -0.39 is 17.5 Å². The van der Waals surface area contributed by atoms with Gasteiger partial charge in [-0.15, -0.1) is 0 Å². The third kappa shape index (κ3) is 3.61. The zero-order valence-corrected chi connectivity index (χ0v) is 20.0. The van der Waals surface area contributed by atoms with Gasteiger partial charge in [0.15, 0.2) is 17.5 Å². The molecule has 1 aliphatic heterocycles. The number of aryl methyl sites for hydroxylation is 2. The van der Waals surface area contributed by atoms with Crippen molar-refractivity contribution in [1.29, 1.82) is 0 Å². The molecule has 1 aromatic carbocycles. The smallest absolute Gasteiger partial charge is 0.273 e. The van der Waals surface area contributed by atoms with Crippen molar-refractivity contribution < 1.29 is 18.0 Å². The molecule has 0 spiro atoms. The Labute approximate surface area is 201 Å². The molecule has 1 aliphatic rings. The van der Waals surface area contributed by atoms with Crippen LogP contribution in [-0.2, 0) is 13.5 Å². The Balaban J connectivity index is 1.62. The van der Waals surface area contributed by atoms with Crippen molar-refractivity contribution in [2.45, 2.75) is 52.1 Å². The van der Waals surface area contributed by atoms with Crippen LogP contribution >= 0.6 is 0 Å². The van der Waals surface area contributed by atoms with Gasteiger partial charge in [0.1, 0.15) is 11.3 Å². The molecule has 0 aliphatic carbocycles. The van der Waals surface area contributed by atoms with Crippen LogP contribution in [0.3, 0.4) is 0 Å². The summed E-state index contributed by atoms with van der Waals surface area (Å²) in [5, 5.41) is 4.68. The van der Waals surface area contributed by atoms with Crippen LogP contribution in [0.1, 0.15) is 60.0 Å². The summed E-state index contributed by atoms with van der Waals surface area (Å²) in [7, 11) is 1.69. The number of imidazole rings is 1. The van der Waals surface area contributed by atoms with Crippen molar-refractivity contribution in [2.24, 2.45) is 7.05 Å². The first kappa shape index (κ1) is 23.1. The lowest BCUT2D eigenvalue weighted by molar-refractivity contribution is 0.0505. The number of amides is 1. The molecule has 3 aromatic heterocycles. The molecule has 1 amide bonds. The number of hydrogen-bond donors (Lipinski definition) is 0. The summed E-state index contributed by atoms with van der Waals surface area (Å²) in [6, 6.07) is 5.35. The van der Waals surface area contributed by atoms with Gasteiger partial charge in [0.2, 0.25) is 0 Å². The SMILES string of the molecule is CCC1Cc2c(nn(C)c2-c2cc(F)c(F)c(F)c2)C(CC)N1C(=O)c1cnc2cc(C)ccn12. The standard InChI is InChI=1S/C26H26F3N5O/c1-5-16-12-17-24(31-32(4)25(17)15-10-18(27)23(29)19(28)11-15)20(6-2)34(16)26(35)21-13-30-22-9-14(3)7-8-33(21)22/h7-11,13,16,20H,5-6,12H2,1-4H3. The molecule has 0 saturated heterocycles. The number of halogens is 3. The van der Waals surface area contributed by atoms with Crippen LogP contribution in [0.15, 0.2) is 36.7 Å². The molecule has 35 heavy (non-hydrogen) atoms. The maximum Gasteiger partial charge on any atom is 0.273 e. The number of aromatic nitrogens is 4. The van der Waals surface area contributed by atoms with Crippen molar-refractivity contribution in [3.05, 3.63) is 76.6 Å². The van der Waals surface area contributed by atoms with E-state index in [2.05, 4.69) is 10.1 Å². The normalized spacial score (nSPS) is 17.7. The second-order valence-corrected chi connectivity index (χ2v) is 9.07. The van der Waals surface area contributed by atoms with Crippen molar-refractivity contribution in [2.75, 3.05) is 0 Å². The van der Waals surface area contributed by atoms with Gasteiger partial charge < -0.3 is 4.90 Å². The molecule has 0 N–H and O–H groups in total. The predicted molar refractivity (Wildman–Crippen MR) is 125 cm³/mol. The highest BCUT2D eigenvalue weighted by molar-refractivity contribution is 5.94. The summed E-state index contributed by atoms with van der Waals surface area (Å²) in [6.45, 7) is 5.96. The van der Waals surface area contributed by atoms with Crippen LogP contribution in [0.4, 0.5) is 13.2 Å². The maximum atomic E-state index is 14.1. The fourth-order valence-corrected chi connectivity index (χ4v) is 5.24. The summed E-state index contributed by atoms with van der Waals surface area (Å²) in [5.74, 6) is -4.13. The van der Waals surface area contributed by atoms with E-state index in [0.717, 1.165) is 23.3 Å². The molecule has 5 rings (SSSR count). The molecule has 0 saturated carbocycles. The third-order valence-electron chi connectivity index (χ3n) is 6.90. The van der Waals surface area contributed by atoms with E-state index in [4.69, 9.17) is 0 Å². The highest BCUT2D eigenvalue weighted by atomic mass is 19.2. The first-order chi connectivity index (χ1) is 16.7. The van der Waals surface area contributed by atoms with E-state index in [1.807, 2.05) is 44.0 Å². The minimum Gasteiger partial charge on any atom is -0.325 e. The van der Waals surface area contributed by atoms with Crippen LogP contribution in [-0.4, -0.2) is 36.0 Å². The molecule has 0 bridgehead atoms. The van der Waals surface area contributed by atoms with Crippen LogP contribution in [0.2, 0.25) is 0 Å². The highest BCUT2D eigenvalue weighted by Crippen LogP contribution is 2.41. The second-order valence-electron chi connectivity index (χ2n) is 9.07. The molecule has 2 atom stereocenters. The number of nitrogens with zero attached hydrogens (tertiary/aromatic N) is 5. The van der Waals surface area contributed by atoms with Crippen molar-refractivity contribution in [1.82, 2.24) is 24.1 Å². The van der Waals surface area contributed by atoms with E-state index in [0.29, 0.717) is 42.0 Å². The Hall–Kier alpha value is -3.62. The van der Waals surface area contributed by atoms with Crippen LogP contribution < -0.4 is 0 Å². The summed E-state index contributed by atoms with van der Waals surface area (Å²) < 4.78 is 45.1. The van der Waals surface area contributed by atoms with Gasteiger partial charge >= 0.3 is 0 Å². The highest BCUT2D eigenvalue weighted by Gasteiger charge is 2.41. The molecular formula is C26H26F3N5O. The number of pyridine rings is 1. The minimum absolute atomic E-state index is 0.142. The Bertz CT molecular complexity index is 1430. The van der Waals surface area contributed by atoms with Gasteiger partial charge in [-0.2, -0.15) is 5.10 Å². The van der Waals surface area contributed by atoms with Gasteiger partial charge in [-0.1, -0.05) is 13.8 Å². The quantitative estimate of drug-likeness (QED) is 0.368. The fourth-order valence-electron chi connectivity index (χ4n) is 5.24. The number of fused-ring (bicyclic) bond motifs is 2. The fraction of sp³-hybridized carbons (Fsp3) is 0.346. The topological polar surface area (TPSA) is 55.4 Å². The maximum absolute atomic E-state index is 14.1. The molecule has 4 aromatic rings. The average molecular weight is 482 g/mol. The van der Waals surface area contributed by atoms with E-state index in [1.54, 1.807) is 22.3 Å². The lowest BCUT2D eigenvalue weighted by Gasteiger charge is -2.41. The van der Waals surface area contributed by atoms with Gasteiger partial charge in [-0.3, -0.25) is 13.9 Å². The number of carbonyl (C=O) groups excluding carboxylic acids is 1. The Morgan fingerprint density at radius 2 is 1.83 bits per heavy atom. The molecule has 182 valence electrons. The lowest BCUT2D eigenvalue weighted by atomic mass is 9.87. The zero-order chi connectivity index (χ0) is 25.0. The van der Waals surface area contributed by atoms with E-state index >= 15 is 0 Å². The monoisotopic (exact) mass is 481 g/mol. The van der Waals surface area contributed by atoms with Gasteiger partial charge in [0.05, 0.1) is 23.6 Å². The molecular weight excluding hydrogens is 455 g/mol. The van der Waals surface area contributed by atoms with E-state index in [-0.39, 0.29) is 23.6 Å². The number of rotatable bonds is 4. The molecule has 0 radical (unpaired) electrons. The summed E-state index contributed by atoms with van der Waals surface area (Å²) in [6.07, 6.45) is 5.19. The Morgan fingerprint density at radius 1 is 1.11 bits per heavy atom. The van der Waals surface area contributed by atoms with Gasteiger partial charge in [-0.25, -0.2) is 18.2 Å². The largest absolute Gasteiger partial charge is 0.325 e. The number of benzene rings is 1. The van der Waals surface area contributed by atoms with Gasteiger partial charge in [0, 0.05) is 30.4 Å². The molecule has 2 unspecified atom stereocenters. The van der Waals surface area contributed by atoms with Crippen molar-refractivity contribution in [3.63, 3.8) is 0 Å². The molecule has 4 heterocycles. The Morgan fingerprint density at radius 3 is 2.49 bits per heavy atom. The average Bonchev–Trinajstić information content (AvgIpc) is 3.40. The minimum atomic E-state index is -1.50. The van der Waals surface area contributed by atoms with E-state index in [9.17, 15) is 18.0 Å². The van der Waals surface area contributed by atoms with Crippen LogP contribution in [0, 0.1) is 24.4 Å². The van der Waals surface area contributed by atoms with Crippen LogP contribution in [0.25, 0.3) is 16.9 Å². The Kier molecular flexibility index (Phi) is 5.65. The first-order valence-corrected chi connectivity index (χ1v) is 11.7. The molecule has 6 nitrogen and oxygen atoms in total. The number of carbonyl (C=O) groups is 1. The van der Waals surface area contributed by atoms with E-state index in [1.165, 1.54) is 0 Å². The zero-order valence-electron chi connectivity index (χ0n) is 20.0. The van der Waals surface area contributed by atoms with Crippen molar-refractivity contribution >= 4 is 11.6 Å². The molecule has 9 heteroatoms. The first-order valence-electron chi connectivity index (χ1n) is 11.7. The number of hydrogen-bond acceptors (Lipinski definition) is 3. The third-order valence-corrected chi connectivity index (χ3v) is 6.90. The summed E-state index contributed by atoms with van der Waals surface area (Å²) >= 11 is 0. The van der Waals surface area contributed by atoms with Gasteiger partial charge in [0.25, 0.3) is 5.91 Å². The summed E-state index contributed by atoms with van der Waals surface area (Å²) in [5.41, 5.74) is 4.50.